The highest BCUT2D eigenvalue weighted by Crippen LogP contribution is 2.18. The number of carbonyl (C=O) groups is 1. The topological polar surface area (TPSA) is 58.4 Å². The van der Waals surface area contributed by atoms with Crippen LogP contribution in [0.3, 0.4) is 0 Å². The Morgan fingerprint density at radius 2 is 1.86 bits per heavy atom. The van der Waals surface area contributed by atoms with Crippen molar-refractivity contribution < 1.29 is 4.79 Å². The van der Waals surface area contributed by atoms with Gasteiger partial charge in [-0.15, -0.1) is 0 Å². The Morgan fingerprint density at radius 3 is 2.57 bits per heavy atom. The first-order valence-corrected chi connectivity index (χ1v) is 8.03. The van der Waals surface area contributed by atoms with Gasteiger partial charge in [0.1, 0.15) is 0 Å². The number of aryl methyl sites for hydroxylation is 1. The van der Waals surface area contributed by atoms with Crippen molar-refractivity contribution in [2.45, 2.75) is 45.4 Å². The number of nitrogens with two attached hydrogens (primary N) is 1. The van der Waals surface area contributed by atoms with Crippen LogP contribution in [0.4, 0.5) is 11.4 Å². The normalized spacial score (nSPS) is 17.0. The highest BCUT2D eigenvalue weighted by Gasteiger charge is 2.11. The number of rotatable bonds is 4. The van der Waals surface area contributed by atoms with Crippen LogP contribution in [0.1, 0.15) is 44.1 Å². The molecule has 0 spiro atoms. The van der Waals surface area contributed by atoms with E-state index in [1.165, 1.54) is 32.1 Å². The zero-order chi connectivity index (χ0) is 15.1. The Kier molecular flexibility index (Phi) is 6.05. The molecule has 1 fully saturated rings. The third kappa shape index (κ3) is 5.38. The number of hydrogen-bond acceptors (Lipinski definition) is 3. The van der Waals surface area contributed by atoms with Crippen LogP contribution in [0.15, 0.2) is 18.2 Å². The summed E-state index contributed by atoms with van der Waals surface area (Å²) in [6.45, 7) is 5.09. The van der Waals surface area contributed by atoms with E-state index in [0.717, 1.165) is 30.9 Å². The van der Waals surface area contributed by atoms with E-state index in [4.69, 9.17) is 5.73 Å². The second-order valence-electron chi connectivity index (χ2n) is 5.98. The van der Waals surface area contributed by atoms with Crippen molar-refractivity contribution >= 4 is 17.3 Å². The standard InChI is InChI=1S/C17H27N3O/c1-14-7-8-15(18)13-16(14)19-17(21)9-12-20-10-5-3-2-4-6-11-20/h7-8,13H,2-6,9-12,18H2,1H3,(H,19,21). The number of anilines is 2. The zero-order valence-corrected chi connectivity index (χ0v) is 13.0. The third-order valence-electron chi connectivity index (χ3n) is 4.14. The maximum absolute atomic E-state index is 12.1. The molecule has 1 saturated heterocycles. The van der Waals surface area contributed by atoms with Gasteiger partial charge in [-0.25, -0.2) is 0 Å². The van der Waals surface area contributed by atoms with Crippen molar-refractivity contribution in [3.05, 3.63) is 23.8 Å². The van der Waals surface area contributed by atoms with E-state index in [1.807, 2.05) is 25.1 Å². The largest absolute Gasteiger partial charge is 0.399 e. The molecule has 0 bridgehead atoms. The van der Waals surface area contributed by atoms with Gasteiger partial charge >= 0.3 is 0 Å². The summed E-state index contributed by atoms with van der Waals surface area (Å²) in [6, 6.07) is 5.61. The van der Waals surface area contributed by atoms with Crippen molar-refractivity contribution in [2.75, 3.05) is 30.7 Å². The fraction of sp³-hybridized carbons (Fsp3) is 0.588. The van der Waals surface area contributed by atoms with Gasteiger partial charge in [-0.05, 0) is 50.6 Å². The summed E-state index contributed by atoms with van der Waals surface area (Å²) in [4.78, 5) is 14.5. The third-order valence-corrected chi connectivity index (χ3v) is 4.14. The number of nitrogens with one attached hydrogen (secondary N) is 1. The van der Waals surface area contributed by atoms with E-state index in [2.05, 4.69) is 10.2 Å². The van der Waals surface area contributed by atoms with Gasteiger partial charge in [0.25, 0.3) is 0 Å². The molecule has 116 valence electrons. The minimum Gasteiger partial charge on any atom is -0.399 e. The summed E-state index contributed by atoms with van der Waals surface area (Å²) in [5.74, 6) is 0.0748. The predicted molar refractivity (Wildman–Crippen MR) is 88.4 cm³/mol. The number of hydrogen-bond donors (Lipinski definition) is 2. The molecule has 3 N–H and O–H groups in total. The van der Waals surface area contributed by atoms with Crippen LogP contribution in [-0.4, -0.2) is 30.4 Å². The highest BCUT2D eigenvalue weighted by molar-refractivity contribution is 5.92. The summed E-state index contributed by atoms with van der Waals surface area (Å²) >= 11 is 0. The average molecular weight is 289 g/mol. The van der Waals surface area contributed by atoms with Crippen molar-refractivity contribution in [2.24, 2.45) is 0 Å². The molecule has 0 radical (unpaired) electrons. The Balaban J connectivity index is 1.79. The lowest BCUT2D eigenvalue weighted by atomic mass is 10.1. The molecule has 4 nitrogen and oxygen atoms in total. The summed E-state index contributed by atoms with van der Waals surface area (Å²) in [6.07, 6.45) is 7.08. The second-order valence-corrected chi connectivity index (χ2v) is 5.98. The van der Waals surface area contributed by atoms with Crippen molar-refractivity contribution in [3.63, 3.8) is 0 Å². The van der Waals surface area contributed by atoms with Gasteiger partial charge in [-0.1, -0.05) is 25.3 Å². The van der Waals surface area contributed by atoms with Crippen LogP contribution in [0.2, 0.25) is 0 Å². The molecular formula is C17H27N3O. The van der Waals surface area contributed by atoms with Crippen molar-refractivity contribution in [3.8, 4) is 0 Å². The number of nitrogens with zero attached hydrogens (tertiary/aromatic N) is 1. The highest BCUT2D eigenvalue weighted by atomic mass is 16.1. The molecule has 1 heterocycles. The van der Waals surface area contributed by atoms with Crippen LogP contribution in [0.25, 0.3) is 0 Å². The molecule has 1 aromatic carbocycles. The summed E-state index contributed by atoms with van der Waals surface area (Å²) in [5.41, 5.74) is 8.32. The minimum absolute atomic E-state index is 0.0748. The van der Waals surface area contributed by atoms with Gasteiger partial charge in [0.2, 0.25) is 5.91 Å². The lowest BCUT2D eigenvalue weighted by Crippen LogP contribution is -2.30. The molecular weight excluding hydrogens is 262 g/mol. The quantitative estimate of drug-likeness (QED) is 0.837. The first-order valence-electron chi connectivity index (χ1n) is 8.03. The van der Waals surface area contributed by atoms with E-state index in [-0.39, 0.29) is 5.91 Å². The number of benzene rings is 1. The molecule has 1 amide bonds. The molecule has 4 heteroatoms. The summed E-state index contributed by atoms with van der Waals surface area (Å²) in [7, 11) is 0. The molecule has 1 aromatic rings. The molecule has 21 heavy (non-hydrogen) atoms. The molecule has 0 atom stereocenters. The summed E-state index contributed by atoms with van der Waals surface area (Å²) < 4.78 is 0. The zero-order valence-electron chi connectivity index (χ0n) is 13.0. The predicted octanol–water partition coefficient (Wildman–Crippen LogP) is 3.17. The SMILES string of the molecule is Cc1ccc(N)cc1NC(=O)CCN1CCCCCCC1. The van der Waals surface area contributed by atoms with Gasteiger partial charge in [0, 0.05) is 24.3 Å². The van der Waals surface area contributed by atoms with Crippen LogP contribution >= 0.6 is 0 Å². The molecule has 0 saturated carbocycles. The Hall–Kier alpha value is -1.55. The van der Waals surface area contributed by atoms with E-state index in [0.29, 0.717) is 12.1 Å². The first kappa shape index (κ1) is 15.8. The first-order chi connectivity index (χ1) is 10.1. The Morgan fingerprint density at radius 1 is 1.19 bits per heavy atom. The molecule has 1 aliphatic heterocycles. The number of carbonyl (C=O) groups excluding carboxylic acids is 1. The molecule has 2 rings (SSSR count). The van der Waals surface area contributed by atoms with E-state index in [1.54, 1.807) is 0 Å². The number of nitrogen functional groups attached to an aromatic ring is 1. The lowest BCUT2D eigenvalue weighted by molar-refractivity contribution is -0.116. The van der Waals surface area contributed by atoms with Gasteiger partial charge < -0.3 is 16.0 Å². The number of likely N-dealkylation sites (tertiary alicyclic amines) is 1. The maximum atomic E-state index is 12.1. The lowest BCUT2D eigenvalue weighted by Gasteiger charge is -2.24. The molecule has 0 aliphatic carbocycles. The molecule has 0 unspecified atom stereocenters. The van der Waals surface area contributed by atoms with E-state index < -0.39 is 0 Å². The fourth-order valence-corrected chi connectivity index (χ4v) is 2.78. The van der Waals surface area contributed by atoms with Crippen LogP contribution in [0.5, 0.6) is 0 Å². The van der Waals surface area contributed by atoms with Gasteiger partial charge in [0.05, 0.1) is 0 Å². The Bertz CT molecular complexity index is 465. The monoisotopic (exact) mass is 289 g/mol. The number of amides is 1. The molecule has 1 aliphatic rings. The maximum Gasteiger partial charge on any atom is 0.225 e. The van der Waals surface area contributed by atoms with Crippen LogP contribution < -0.4 is 11.1 Å². The van der Waals surface area contributed by atoms with Crippen LogP contribution in [0, 0.1) is 6.92 Å². The van der Waals surface area contributed by atoms with Gasteiger partial charge in [-0.2, -0.15) is 0 Å². The minimum atomic E-state index is 0.0748. The van der Waals surface area contributed by atoms with Gasteiger partial charge in [-0.3, -0.25) is 4.79 Å². The molecule has 0 aromatic heterocycles. The van der Waals surface area contributed by atoms with Crippen molar-refractivity contribution in [1.29, 1.82) is 0 Å². The van der Waals surface area contributed by atoms with Crippen LogP contribution in [-0.2, 0) is 4.79 Å². The van der Waals surface area contributed by atoms with Gasteiger partial charge in [0.15, 0.2) is 0 Å². The van der Waals surface area contributed by atoms with E-state index >= 15 is 0 Å². The van der Waals surface area contributed by atoms with Crippen molar-refractivity contribution in [1.82, 2.24) is 4.90 Å². The Labute approximate surface area is 127 Å². The van der Waals surface area contributed by atoms with E-state index in [9.17, 15) is 4.79 Å². The smallest absolute Gasteiger partial charge is 0.225 e. The fourth-order valence-electron chi connectivity index (χ4n) is 2.78. The second kappa shape index (κ2) is 8.03. The average Bonchev–Trinajstić information content (AvgIpc) is 2.42. The summed E-state index contributed by atoms with van der Waals surface area (Å²) in [5, 5.41) is 2.97.